The smallest absolute Gasteiger partial charge is 0.415 e. The predicted octanol–water partition coefficient (Wildman–Crippen LogP) is -9.66. The zero-order chi connectivity index (χ0) is 10.7. The van der Waals surface area contributed by atoms with Crippen molar-refractivity contribution in [3.05, 3.63) is 0 Å². The van der Waals surface area contributed by atoms with E-state index in [9.17, 15) is 0 Å². The molecule has 0 aromatic rings. The molecule has 15 heavy (non-hydrogen) atoms. The van der Waals surface area contributed by atoms with E-state index in [2.05, 4.69) is 91.7 Å². The summed E-state index contributed by atoms with van der Waals surface area (Å²) in [5.74, 6) is 0. The second kappa shape index (κ2) is 31.6. The zero-order valence-corrected chi connectivity index (χ0v) is 22.9. The summed E-state index contributed by atoms with van der Waals surface area (Å²) in [6.07, 6.45) is 0. The van der Waals surface area contributed by atoms with E-state index in [-0.39, 0.29) is 167 Å². The molecule has 0 unspecified atom stereocenters. The maximum atomic E-state index is 4.66. The van der Waals surface area contributed by atoms with Gasteiger partial charge in [-0.05, 0) is 0 Å². The molecule has 3 nitrogen and oxygen atoms in total. The van der Waals surface area contributed by atoms with Crippen LogP contribution >= 0.6 is 36.7 Å². The Labute approximate surface area is 251 Å². The van der Waals surface area contributed by atoms with Crippen molar-refractivity contribution in [3.8, 4) is 0 Å². The van der Waals surface area contributed by atoms with Crippen molar-refractivity contribution in [1.82, 2.24) is 0 Å². The molecule has 0 saturated carbocycles. The van der Waals surface area contributed by atoms with Gasteiger partial charge in [-0.3, -0.25) is 0 Å². The third-order valence-electron chi connectivity index (χ3n) is 0. The molecule has 6 N–H and O–H groups in total. The van der Waals surface area contributed by atoms with Crippen LogP contribution in [0.5, 0.6) is 0 Å². The molecule has 0 radical (unpaired) electrons. The van der Waals surface area contributed by atoms with Gasteiger partial charge in [0.1, 0.15) is 0 Å². The van der Waals surface area contributed by atoms with Crippen LogP contribution in [0.1, 0.15) is 0 Å². The van der Waals surface area contributed by atoms with Crippen molar-refractivity contribution < 1.29 is 154 Å². The molecular formula is C3H6K3N3S6. The first kappa shape index (κ1) is 36.9. The van der Waals surface area contributed by atoms with Crippen molar-refractivity contribution in [2.75, 3.05) is 0 Å². The summed E-state index contributed by atoms with van der Waals surface area (Å²) in [5, 5.41) is 0. The Morgan fingerprint density at radius 2 is 0.600 bits per heavy atom. The fourth-order valence-electron chi connectivity index (χ4n) is 0. The van der Waals surface area contributed by atoms with Crippen molar-refractivity contribution in [2.24, 2.45) is 17.2 Å². The van der Waals surface area contributed by atoms with Gasteiger partial charge in [-0.25, -0.2) is 0 Å². The third-order valence-corrected chi connectivity index (χ3v) is 0. The van der Waals surface area contributed by atoms with Gasteiger partial charge in [0.2, 0.25) is 0 Å². The normalized spacial score (nSPS) is 4.80. The van der Waals surface area contributed by atoms with E-state index < -0.39 is 0 Å². The van der Waals surface area contributed by atoms with E-state index in [1.807, 2.05) is 0 Å². The molecule has 0 heterocycles. The first-order valence-corrected chi connectivity index (χ1v) is 4.54. The molecule has 12 heteroatoms. The molecule has 72 valence electrons. The number of nitrogens with two attached hydrogens (primary N) is 3. The minimum Gasteiger partial charge on any atom is -0.415 e. The van der Waals surface area contributed by atoms with Crippen LogP contribution in [0.4, 0.5) is 0 Å². The van der Waals surface area contributed by atoms with Gasteiger partial charge in [0.05, 0.1) is 0 Å². The number of hydrogen-bond donors (Lipinski definition) is 3. The predicted molar refractivity (Wildman–Crippen MR) is 72.5 cm³/mol. The number of rotatable bonds is 0. The first-order chi connectivity index (χ1) is 5.20. The van der Waals surface area contributed by atoms with E-state index in [4.69, 9.17) is 0 Å². The van der Waals surface area contributed by atoms with Crippen LogP contribution < -0.4 is 171 Å². The summed E-state index contributed by atoms with van der Waals surface area (Å²) < 4.78 is 0.250. The molecule has 0 atom stereocenters. The standard InChI is InChI=1S/3CH3NS2.3K/c3*2-1(3)4;;;/h3*(H3,2,3,4);;;/q;;;3*+1/p-3. The Hall–Kier alpha value is 5.24. The molecule has 0 aliphatic heterocycles. The third kappa shape index (κ3) is 208. The maximum absolute atomic E-state index is 4.66. The van der Waals surface area contributed by atoms with Crippen LogP contribution in [0.3, 0.4) is 0 Å². The van der Waals surface area contributed by atoms with Crippen molar-refractivity contribution >= 4 is 87.5 Å². The van der Waals surface area contributed by atoms with Gasteiger partial charge in [-0.1, -0.05) is 13.0 Å². The summed E-state index contributed by atoms with van der Waals surface area (Å²) in [5.41, 5.74) is 14.0. The maximum Gasteiger partial charge on any atom is 1.00 e. The molecule has 0 fully saturated rings. The minimum absolute atomic E-state index is 0. The largest absolute Gasteiger partial charge is 1.00 e. The van der Waals surface area contributed by atoms with Crippen LogP contribution in [0, 0.1) is 0 Å². The molecule has 0 saturated heterocycles. The molecular weight excluding hydrogens is 388 g/mol. The summed E-state index contributed by atoms with van der Waals surface area (Å²) in [6, 6.07) is 0. The molecule has 0 aromatic heterocycles. The molecule has 0 bridgehead atoms. The first-order valence-electron chi connectivity index (χ1n) is 2.09. The SMILES string of the molecule is NC(=S)[S-].NC(=S)[S-].NC(=S)[S-].[K+].[K+].[K+]. The van der Waals surface area contributed by atoms with Gasteiger partial charge in [-0.2, -0.15) is 0 Å². The Morgan fingerprint density at radius 1 is 0.600 bits per heavy atom. The minimum atomic E-state index is 0. The van der Waals surface area contributed by atoms with Gasteiger partial charge in [-0.15, -0.1) is 0 Å². The van der Waals surface area contributed by atoms with Crippen molar-refractivity contribution in [3.63, 3.8) is 0 Å². The molecule has 0 aliphatic carbocycles. The van der Waals surface area contributed by atoms with Crippen LogP contribution in [-0.2, 0) is 37.9 Å². The average molecular weight is 394 g/mol. The monoisotopic (exact) mass is 393 g/mol. The Balaban J connectivity index is -0.0000000184. The zero-order valence-electron chi connectivity index (χ0n) is 8.68. The van der Waals surface area contributed by atoms with Crippen LogP contribution in [-0.4, -0.2) is 13.0 Å². The summed E-state index contributed by atoms with van der Waals surface area (Å²) in [4.78, 5) is 0. The van der Waals surface area contributed by atoms with E-state index in [0.717, 1.165) is 0 Å². The average Bonchev–Trinajstić information content (AvgIpc) is 1.54. The quantitative estimate of drug-likeness (QED) is 0.211. The Bertz CT molecular complexity index is 126. The number of thiocarbonyl (C=S) groups is 3. The molecule has 0 aliphatic rings. The summed E-state index contributed by atoms with van der Waals surface area (Å²) in [7, 11) is 0. The van der Waals surface area contributed by atoms with Crippen LogP contribution in [0.15, 0.2) is 0 Å². The van der Waals surface area contributed by atoms with Crippen LogP contribution in [0.2, 0.25) is 0 Å². The summed E-state index contributed by atoms with van der Waals surface area (Å²) >= 11 is 24.8. The number of hydrogen-bond acceptors (Lipinski definition) is 6. The van der Waals surface area contributed by atoms with Gasteiger partial charge < -0.3 is 91.7 Å². The molecule has 0 spiro atoms. The summed E-state index contributed by atoms with van der Waals surface area (Å²) in [6.45, 7) is 0. The topological polar surface area (TPSA) is 78.1 Å². The van der Waals surface area contributed by atoms with E-state index in [1.54, 1.807) is 0 Å². The van der Waals surface area contributed by atoms with E-state index in [0.29, 0.717) is 0 Å². The van der Waals surface area contributed by atoms with Gasteiger partial charge in [0, 0.05) is 0 Å². The Kier molecular flexibility index (Phi) is 77.8. The van der Waals surface area contributed by atoms with Crippen molar-refractivity contribution in [2.45, 2.75) is 0 Å². The molecule has 0 aromatic carbocycles. The van der Waals surface area contributed by atoms with Gasteiger partial charge in [0.15, 0.2) is 0 Å². The second-order valence-electron chi connectivity index (χ2n) is 0.957. The van der Waals surface area contributed by atoms with Crippen molar-refractivity contribution in [1.29, 1.82) is 0 Å². The fourth-order valence-corrected chi connectivity index (χ4v) is 0. The fraction of sp³-hybridized carbons (Fsp3) is 0. The van der Waals surface area contributed by atoms with E-state index >= 15 is 0 Å². The molecule has 0 amide bonds. The van der Waals surface area contributed by atoms with E-state index in [1.165, 1.54) is 0 Å². The van der Waals surface area contributed by atoms with Gasteiger partial charge in [0.25, 0.3) is 0 Å². The molecule has 0 rings (SSSR count). The van der Waals surface area contributed by atoms with Gasteiger partial charge >= 0.3 is 154 Å². The van der Waals surface area contributed by atoms with Crippen LogP contribution in [0.25, 0.3) is 0 Å². The second-order valence-corrected chi connectivity index (χ2v) is 4.37. The Morgan fingerprint density at radius 3 is 0.600 bits per heavy atom.